The molecule has 28 heavy (non-hydrogen) atoms. The number of aryl methyl sites for hydroxylation is 2. The Hall–Kier alpha value is -2.11. The number of nitrogens with zero attached hydrogens (tertiary/aromatic N) is 2. The molecule has 1 unspecified atom stereocenters. The minimum Gasteiger partial charge on any atom is -0.300 e. The fourth-order valence-corrected chi connectivity index (χ4v) is 6.23. The van der Waals surface area contributed by atoms with Crippen LogP contribution < -0.4 is 0 Å². The van der Waals surface area contributed by atoms with Gasteiger partial charge < -0.3 is 4.90 Å². The largest absolute Gasteiger partial charge is 0.300 e. The van der Waals surface area contributed by atoms with Gasteiger partial charge in [-0.1, -0.05) is 23.8 Å². The van der Waals surface area contributed by atoms with Crippen molar-refractivity contribution in [3.8, 4) is 0 Å². The minimum absolute atomic E-state index is 0.336. The Morgan fingerprint density at radius 3 is 2.46 bits per heavy atom. The highest BCUT2D eigenvalue weighted by atomic mass is 32.2. The molecule has 0 bridgehead atoms. The molecule has 5 heteroatoms. The minimum atomic E-state index is -3.59. The van der Waals surface area contributed by atoms with Gasteiger partial charge in [0.1, 0.15) is 0 Å². The summed E-state index contributed by atoms with van der Waals surface area (Å²) in [6, 6.07) is 13.8. The molecule has 1 aliphatic heterocycles. The predicted molar refractivity (Wildman–Crippen MR) is 112 cm³/mol. The van der Waals surface area contributed by atoms with Crippen molar-refractivity contribution in [2.24, 2.45) is 0 Å². The van der Waals surface area contributed by atoms with Crippen molar-refractivity contribution in [1.29, 1.82) is 0 Å². The fraction of sp³-hybridized carbons (Fsp3) is 0.391. The summed E-state index contributed by atoms with van der Waals surface area (Å²) in [7, 11) is -3.59. The van der Waals surface area contributed by atoms with Gasteiger partial charge in [0.25, 0.3) is 10.0 Å². The van der Waals surface area contributed by atoms with Crippen LogP contribution >= 0.6 is 0 Å². The first-order valence-corrected chi connectivity index (χ1v) is 11.7. The molecular formula is C23H26N2O2S. The highest BCUT2D eigenvalue weighted by molar-refractivity contribution is 7.90. The maximum absolute atomic E-state index is 13.2. The zero-order chi connectivity index (χ0) is 19.3. The van der Waals surface area contributed by atoms with Crippen molar-refractivity contribution in [2.45, 2.75) is 50.0 Å². The molecular weight excluding hydrogens is 368 g/mol. The highest BCUT2D eigenvalue weighted by Crippen LogP contribution is 2.33. The van der Waals surface area contributed by atoms with E-state index in [4.69, 9.17) is 0 Å². The second-order valence-electron chi connectivity index (χ2n) is 8.21. The Bertz CT molecular complexity index is 1120. The summed E-state index contributed by atoms with van der Waals surface area (Å²) in [5.74, 6) is 0. The second-order valence-corrected chi connectivity index (χ2v) is 10.0. The third kappa shape index (κ3) is 2.88. The van der Waals surface area contributed by atoms with Gasteiger partial charge in [0, 0.05) is 17.6 Å². The van der Waals surface area contributed by atoms with Crippen LogP contribution in [0.3, 0.4) is 0 Å². The third-order valence-corrected chi connectivity index (χ3v) is 8.17. The molecule has 146 valence electrons. The number of likely N-dealkylation sites (tertiary alicyclic amines) is 1. The Balaban J connectivity index is 1.57. The van der Waals surface area contributed by atoms with Gasteiger partial charge in [-0.25, -0.2) is 12.4 Å². The average Bonchev–Trinajstić information content (AvgIpc) is 3.38. The van der Waals surface area contributed by atoms with Crippen LogP contribution in [0.4, 0.5) is 0 Å². The molecule has 2 aliphatic rings. The van der Waals surface area contributed by atoms with Crippen molar-refractivity contribution >= 4 is 20.9 Å². The van der Waals surface area contributed by atoms with E-state index >= 15 is 0 Å². The lowest BCUT2D eigenvalue weighted by Crippen LogP contribution is -2.37. The van der Waals surface area contributed by atoms with Crippen LogP contribution in [0.2, 0.25) is 0 Å². The van der Waals surface area contributed by atoms with Gasteiger partial charge in [-0.05, 0) is 87.5 Å². The molecule has 5 rings (SSSR count). The van der Waals surface area contributed by atoms with Crippen molar-refractivity contribution in [3.05, 3.63) is 65.4 Å². The Morgan fingerprint density at radius 1 is 0.964 bits per heavy atom. The SMILES string of the molecule is Cc1ccc(S(=O)(=O)n2ccc3c4c(ccc32)CCC(N2CCCC2)C4)cc1. The smallest absolute Gasteiger partial charge is 0.268 e. The van der Waals surface area contributed by atoms with E-state index in [1.807, 2.05) is 31.2 Å². The molecule has 0 saturated carbocycles. The zero-order valence-corrected chi connectivity index (χ0v) is 17.1. The first kappa shape index (κ1) is 18.0. The van der Waals surface area contributed by atoms with E-state index < -0.39 is 10.0 Å². The Morgan fingerprint density at radius 2 is 1.71 bits per heavy atom. The van der Waals surface area contributed by atoms with Crippen LogP contribution in [-0.2, 0) is 22.9 Å². The van der Waals surface area contributed by atoms with E-state index in [-0.39, 0.29) is 0 Å². The number of rotatable bonds is 3. The van der Waals surface area contributed by atoms with Gasteiger partial charge in [-0.15, -0.1) is 0 Å². The number of aromatic nitrogens is 1. The van der Waals surface area contributed by atoms with Crippen molar-refractivity contribution in [2.75, 3.05) is 13.1 Å². The maximum atomic E-state index is 13.2. The van der Waals surface area contributed by atoms with Crippen LogP contribution in [0.5, 0.6) is 0 Å². The van der Waals surface area contributed by atoms with E-state index in [0.717, 1.165) is 29.3 Å². The maximum Gasteiger partial charge on any atom is 0.268 e. The van der Waals surface area contributed by atoms with E-state index in [1.165, 1.54) is 47.5 Å². The lowest BCUT2D eigenvalue weighted by atomic mass is 9.85. The first-order valence-electron chi connectivity index (χ1n) is 10.2. The summed E-state index contributed by atoms with van der Waals surface area (Å²) >= 11 is 0. The highest BCUT2D eigenvalue weighted by Gasteiger charge is 2.28. The topological polar surface area (TPSA) is 42.3 Å². The lowest BCUT2D eigenvalue weighted by Gasteiger charge is -2.32. The van der Waals surface area contributed by atoms with E-state index in [2.05, 4.69) is 11.0 Å². The van der Waals surface area contributed by atoms with Gasteiger partial charge in [0.2, 0.25) is 0 Å². The second kappa shape index (κ2) is 6.75. The molecule has 4 nitrogen and oxygen atoms in total. The molecule has 1 fully saturated rings. The molecule has 0 spiro atoms. The van der Waals surface area contributed by atoms with Crippen LogP contribution in [0.1, 0.15) is 36.0 Å². The Labute approximate surface area is 166 Å². The molecule has 2 aromatic carbocycles. The van der Waals surface area contributed by atoms with E-state index in [9.17, 15) is 8.42 Å². The van der Waals surface area contributed by atoms with Gasteiger partial charge in [-0.2, -0.15) is 0 Å². The number of fused-ring (bicyclic) bond motifs is 3. The van der Waals surface area contributed by atoms with Crippen molar-refractivity contribution in [1.82, 2.24) is 8.87 Å². The van der Waals surface area contributed by atoms with Crippen molar-refractivity contribution in [3.63, 3.8) is 0 Å². The normalized spacial score (nSPS) is 20.5. The summed E-state index contributed by atoms with van der Waals surface area (Å²) in [5, 5.41) is 1.09. The Kier molecular flexibility index (Phi) is 4.33. The molecule has 1 saturated heterocycles. The zero-order valence-electron chi connectivity index (χ0n) is 16.3. The summed E-state index contributed by atoms with van der Waals surface area (Å²) in [6.07, 6.45) is 7.65. The molecule has 3 aromatic rings. The first-order chi connectivity index (χ1) is 13.5. The summed E-state index contributed by atoms with van der Waals surface area (Å²) in [6.45, 7) is 4.38. The number of hydrogen-bond acceptors (Lipinski definition) is 3. The van der Waals surface area contributed by atoms with Crippen LogP contribution in [0, 0.1) is 6.92 Å². The molecule has 2 heterocycles. The van der Waals surface area contributed by atoms with Gasteiger partial charge in [0.15, 0.2) is 0 Å². The molecule has 1 aliphatic carbocycles. The average molecular weight is 395 g/mol. The van der Waals surface area contributed by atoms with E-state index in [0.29, 0.717) is 10.9 Å². The van der Waals surface area contributed by atoms with Gasteiger partial charge in [-0.3, -0.25) is 0 Å². The number of benzene rings is 2. The number of hydrogen-bond donors (Lipinski definition) is 0. The van der Waals surface area contributed by atoms with Crippen LogP contribution in [0.25, 0.3) is 10.9 Å². The fourth-order valence-electron chi connectivity index (χ4n) is 4.89. The molecule has 1 atom stereocenters. The molecule has 0 radical (unpaired) electrons. The molecule has 0 amide bonds. The monoisotopic (exact) mass is 394 g/mol. The predicted octanol–water partition coefficient (Wildman–Crippen LogP) is 4.14. The summed E-state index contributed by atoms with van der Waals surface area (Å²) in [5.41, 5.74) is 4.58. The summed E-state index contributed by atoms with van der Waals surface area (Å²) in [4.78, 5) is 2.96. The van der Waals surface area contributed by atoms with Gasteiger partial charge in [0.05, 0.1) is 10.4 Å². The van der Waals surface area contributed by atoms with Crippen molar-refractivity contribution < 1.29 is 8.42 Å². The molecule has 0 N–H and O–H groups in total. The lowest BCUT2D eigenvalue weighted by molar-refractivity contribution is 0.222. The third-order valence-electron chi connectivity index (χ3n) is 6.47. The van der Waals surface area contributed by atoms with Crippen LogP contribution in [0.15, 0.2) is 53.6 Å². The van der Waals surface area contributed by atoms with E-state index in [1.54, 1.807) is 18.3 Å². The quantitative estimate of drug-likeness (QED) is 0.670. The van der Waals surface area contributed by atoms with Crippen LogP contribution in [-0.4, -0.2) is 36.4 Å². The summed E-state index contributed by atoms with van der Waals surface area (Å²) < 4.78 is 27.9. The standard InChI is InChI=1S/C23H26N2O2S/c1-17-4-9-20(10-5-17)28(26,27)25-15-12-21-22-16-19(24-13-2-3-14-24)8-6-18(22)7-11-23(21)25/h4-5,7,9-12,15,19H,2-3,6,8,13-14,16H2,1H3. The molecule has 1 aromatic heterocycles. The van der Waals surface area contributed by atoms with Gasteiger partial charge >= 0.3 is 0 Å².